The van der Waals surface area contributed by atoms with Gasteiger partial charge in [0.05, 0.1) is 49.7 Å². The molecule has 0 saturated heterocycles. The number of hydrogen-bond donors (Lipinski definition) is 1. The van der Waals surface area contributed by atoms with Crippen LogP contribution in [0.15, 0.2) is 101 Å². The Morgan fingerprint density at radius 1 is 1.03 bits per heavy atom. The Labute approximate surface area is 231 Å². The molecule has 198 valence electrons. The normalized spacial score (nSPS) is 16.3. The number of hydrogen-bond acceptors (Lipinski definition) is 8. The molecule has 1 amide bonds. The van der Waals surface area contributed by atoms with Gasteiger partial charge in [-0.3, -0.25) is 9.78 Å². The molecule has 5 rings (SSSR count). The van der Waals surface area contributed by atoms with Crippen LogP contribution in [0.1, 0.15) is 36.2 Å². The molecule has 0 fully saturated rings. The van der Waals surface area contributed by atoms with Crippen LogP contribution in [-0.2, 0) is 20.9 Å². The van der Waals surface area contributed by atoms with Crippen molar-refractivity contribution in [1.29, 1.82) is 0 Å². The maximum Gasteiger partial charge on any atom is 0.338 e. The zero-order valence-corrected chi connectivity index (χ0v) is 22.5. The largest absolute Gasteiger partial charge is 0.497 e. The molecule has 0 bridgehead atoms. The van der Waals surface area contributed by atoms with Crippen molar-refractivity contribution in [3.63, 3.8) is 0 Å². The Hall–Kier alpha value is -4.37. The topological polar surface area (TPSA) is 93.1 Å². The van der Waals surface area contributed by atoms with E-state index >= 15 is 0 Å². The molecule has 0 radical (unpaired) electrons. The van der Waals surface area contributed by atoms with Crippen molar-refractivity contribution in [3.8, 4) is 5.75 Å². The van der Waals surface area contributed by atoms with Gasteiger partial charge in [-0.05, 0) is 42.2 Å². The Balaban J connectivity index is 1.53. The van der Waals surface area contributed by atoms with Gasteiger partial charge in [-0.15, -0.1) is 0 Å². The number of nitrogens with one attached hydrogen (secondary N) is 1. The van der Waals surface area contributed by atoms with Gasteiger partial charge in [-0.2, -0.15) is 0 Å². The second kappa shape index (κ2) is 12.0. The molecule has 0 spiro atoms. The van der Waals surface area contributed by atoms with E-state index in [0.29, 0.717) is 28.7 Å². The molecule has 0 aliphatic carbocycles. The average Bonchev–Trinajstić information content (AvgIpc) is 3.38. The van der Waals surface area contributed by atoms with Crippen molar-refractivity contribution < 1.29 is 19.1 Å². The summed E-state index contributed by atoms with van der Waals surface area (Å²) in [6, 6.07) is 22.2. The lowest BCUT2D eigenvalue weighted by molar-refractivity contribution is -0.139. The number of thioether (sulfide) groups is 1. The maximum atomic E-state index is 13.6. The zero-order valence-electron chi connectivity index (χ0n) is 21.7. The van der Waals surface area contributed by atoms with Crippen LogP contribution in [0.4, 0.5) is 0 Å². The molecular formula is C30H28N4O4S. The van der Waals surface area contributed by atoms with Crippen LogP contribution in [0, 0.1) is 0 Å². The Morgan fingerprint density at radius 3 is 2.49 bits per heavy atom. The van der Waals surface area contributed by atoms with Crippen molar-refractivity contribution in [1.82, 2.24) is 15.2 Å². The number of aromatic nitrogens is 1. The van der Waals surface area contributed by atoms with Crippen LogP contribution in [0.2, 0.25) is 0 Å². The van der Waals surface area contributed by atoms with Crippen LogP contribution in [0.25, 0.3) is 5.70 Å². The quantitative estimate of drug-likeness (QED) is 0.379. The second-order valence-corrected chi connectivity index (χ2v) is 9.63. The fourth-order valence-corrected chi connectivity index (χ4v) is 5.43. The minimum absolute atomic E-state index is 0.113. The number of nitrogens with zero attached hydrogens (tertiary/aromatic N) is 3. The van der Waals surface area contributed by atoms with Crippen molar-refractivity contribution in [3.05, 3.63) is 112 Å². The molecule has 1 atom stereocenters. The number of rotatable bonds is 9. The summed E-state index contributed by atoms with van der Waals surface area (Å²) in [5.74, 6) is 0.0995. The van der Waals surface area contributed by atoms with Gasteiger partial charge in [-0.25, -0.2) is 9.79 Å². The summed E-state index contributed by atoms with van der Waals surface area (Å²) in [5.41, 5.74) is 4.15. The van der Waals surface area contributed by atoms with Crippen molar-refractivity contribution in [2.24, 2.45) is 4.99 Å². The lowest BCUT2D eigenvalue weighted by Gasteiger charge is -2.36. The molecule has 0 saturated carbocycles. The first-order valence-electron chi connectivity index (χ1n) is 12.6. The van der Waals surface area contributed by atoms with E-state index < -0.39 is 12.0 Å². The average molecular weight is 541 g/mol. The van der Waals surface area contributed by atoms with E-state index in [1.165, 1.54) is 11.8 Å². The smallest absolute Gasteiger partial charge is 0.338 e. The van der Waals surface area contributed by atoms with E-state index in [2.05, 4.69) is 10.3 Å². The minimum atomic E-state index is -0.553. The molecule has 2 aromatic carbocycles. The highest BCUT2D eigenvalue weighted by Crippen LogP contribution is 2.47. The Bertz CT molecular complexity index is 1440. The number of benzene rings is 2. The number of carbonyl (C=O) groups excluding carboxylic acids is 2. The monoisotopic (exact) mass is 540 g/mol. The molecular weight excluding hydrogens is 512 g/mol. The van der Waals surface area contributed by atoms with Crippen molar-refractivity contribution in [2.75, 3.05) is 13.7 Å². The third kappa shape index (κ3) is 5.73. The van der Waals surface area contributed by atoms with E-state index in [-0.39, 0.29) is 18.9 Å². The van der Waals surface area contributed by atoms with Gasteiger partial charge in [0, 0.05) is 17.5 Å². The molecule has 8 nitrogen and oxygen atoms in total. The van der Waals surface area contributed by atoms with Gasteiger partial charge in [-0.1, -0.05) is 60.3 Å². The number of fused-ring (bicyclic) bond motifs is 1. The number of carbonyl (C=O) groups is 2. The number of pyridine rings is 1. The molecule has 2 aliphatic heterocycles. The number of methoxy groups -OCH3 is 1. The first kappa shape index (κ1) is 26.2. The van der Waals surface area contributed by atoms with Crippen LogP contribution >= 0.6 is 11.8 Å². The number of amidine groups is 1. The predicted octanol–water partition coefficient (Wildman–Crippen LogP) is 5.07. The molecule has 39 heavy (non-hydrogen) atoms. The highest BCUT2D eigenvalue weighted by atomic mass is 32.2. The predicted molar refractivity (Wildman–Crippen MR) is 151 cm³/mol. The molecule has 9 heteroatoms. The molecule has 1 N–H and O–H groups in total. The summed E-state index contributed by atoms with van der Waals surface area (Å²) in [5, 5.41) is 5.55. The fraction of sp³-hybridized carbons (Fsp3) is 0.200. The zero-order chi connectivity index (χ0) is 27.2. The first-order valence-corrected chi connectivity index (χ1v) is 13.5. The number of esters is 1. The fourth-order valence-electron chi connectivity index (χ4n) is 4.51. The number of amides is 1. The lowest BCUT2D eigenvalue weighted by atomic mass is 9.91. The van der Waals surface area contributed by atoms with Gasteiger partial charge >= 0.3 is 5.97 Å². The maximum absolute atomic E-state index is 13.6. The summed E-state index contributed by atoms with van der Waals surface area (Å²) in [6.07, 6.45) is 1.81. The minimum Gasteiger partial charge on any atom is -0.497 e. The van der Waals surface area contributed by atoms with Gasteiger partial charge < -0.3 is 19.7 Å². The van der Waals surface area contributed by atoms with Crippen LogP contribution in [0.5, 0.6) is 5.75 Å². The van der Waals surface area contributed by atoms with Crippen molar-refractivity contribution in [2.45, 2.75) is 25.9 Å². The van der Waals surface area contributed by atoms with Crippen LogP contribution in [0.3, 0.4) is 0 Å². The first-order chi connectivity index (χ1) is 19.1. The molecule has 0 unspecified atom stereocenters. The van der Waals surface area contributed by atoms with Crippen LogP contribution < -0.4 is 10.1 Å². The summed E-state index contributed by atoms with van der Waals surface area (Å²) in [6.45, 7) is 2.34. The third-order valence-corrected chi connectivity index (χ3v) is 7.21. The molecule has 3 heterocycles. The number of aliphatic imine (C=N–C) groups is 1. The van der Waals surface area contributed by atoms with E-state index in [4.69, 9.17) is 14.5 Å². The van der Waals surface area contributed by atoms with E-state index in [0.717, 1.165) is 22.5 Å². The van der Waals surface area contributed by atoms with Crippen LogP contribution in [-0.4, -0.2) is 40.6 Å². The SMILES string of the molecule is CCOC(=O)C1=C(c2ccccc2)N=C2SC=C(CC(=O)NCc3ccccn3)N2[C@H]1c1ccc(OC)cc1. The van der Waals surface area contributed by atoms with Crippen molar-refractivity contribution >= 4 is 34.5 Å². The van der Waals surface area contributed by atoms with Gasteiger partial charge in [0.25, 0.3) is 0 Å². The Morgan fingerprint density at radius 2 is 1.79 bits per heavy atom. The second-order valence-electron chi connectivity index (χ2n) is 8.79. The summed E-state index contributed by atoms with van der Waals surface area (Å²) < 4.78 is 10.9. The summed E-state index contributed by atoms with van der Waals surface area (Å²) in [7, 11) is 1.61. The highest BCUT2D eigenvalue weighted by Gasteiger charge is 2.42. The van der Waals surface area contributed by atoms with E-state index in [1.54, 1.807) is 20.2 Å². The molecule has 3 aromatic rings. The third-order valence-electron chi connectivity index (χ3n) is 6.32. The van der Waals surface area contributed by atoms with Gasteiger partial charge in [0.1, 0.15) is 5.75 Å². The van der Waals surface area contributed by atoms with E-state index in [1.807, 2.05) is 83.1 Å². The number of ether oxygens (including phenoxy) is 2. The lowest BCUT2D eigenvalue weighted by Crippen LogP contribution is -2.38. The van der Waals surface area contributed by atoms with Gasteiger partial charge in [0.15, 0.2) is 5.17 Å². The van der Waals surface area contributed by atoms with E-state index in [9.17, 15) is 9.59 Å². The summed E-state index contributed by atoms with van der Waals surface area (Å²) in [4.78, 5) is 37.7. The molecule has 1 aromatic heterocycles. The molecule has 2 aliphatic rings. The highest BCUT2D eigenvalue weighted by molar-refractivity contribution is 8.16. The van der Waals surface area contributed by atoms with Gasteiger partial charge in [0.2, 0.25) is 5.91 Å². The standard InChI is InChI=1S/C30H28N4O4S/c1-3-38-29(36)26-27(20-9-5-4-6-10-20)33-30-34(28(26)21-12-14-24(37-2)15-13-21)23(19-39-30)17-25(35)32-18-22-11-7-8-16-31-22/h4-16,19,28H,3,17-18H2,1-2H3,(H,32,35)/t28-/m0/s1. The Kier molecular flexibility index (Phi) is 8.07. The summed E-state index contributed by atoms with van der Waals surface area (Å²) >= 11 is 1.43.